The third-order valence-electron chi connectivity index (χ3n) is 5.95. The Morgan fingerprint density at radius 2 is 1.81 bits per heavy atom. The van der Waals surface area contributed by atoms with Gasteiger partial charge in [0.05, 0.1) is 6.10 Å². The molecule has 0 spiro atoms. The molecule has 0 radical (unpaired) electrons. The van der Waals surface area contributed by atoms with Crippen molar-refractivity contribution in [3.8, 4) is 0 Å². The van der Waals surface area contributed by atoms with E-state index in [4.69, 9.17) is 14.6 Å². The molecule has 1 aliphatic heterocycles. The molecule has 0 unspecified atom stereocenters. The van der Waals surface area contributed by atoms with Crippen molar-refractivity contribution < 1.29 is 19.4 Å². The van der Waals surface area contributed by atoms with Gasteiger partial charge in [0, 0.05) is 31.8 Å². The topological polar surface area (TPSA) is 70.1 Å². The molecule has 27 heavy (non-hydrogen) atoms. The van der Waals surface area contributed by atoms with Gasteiger partial charge in [0.2, 0.25) is 0 Å². The number of carbonyl (C=O) groups excluding carboxylic acids is 1. The standard InChI is InChI=1S/C20H30N2O2.CH2O2/c1-13-6-7-17(14(2)8-13)20(23)22-11-15-9-18(21(3)4)19(24-5)10-16(15)12-22;2-1-3/h6-8,15-16,18-19H,9-12H2,1-5H3;1H,(H,2,3)/t15-,16+,18-,19-;/m1./s1. The molecular weight excluding hydrogens is 344 g/mol. The maximum absolute atomic E-state index is 13.0. The van der Waals surface area contributed by atoms with Gasteiger partial charge in [-0.15, -0.1) is 0 Å². The van der Waals surface area contributed by atoms with E-state index in [1.807, 2.05) is 26.2 Å². The number of hydrogen-bond acceptors (Lipinski definition) is 4. The highest BCUT2D eigenvalue weighted by Gasteiger charge is 2.44. The van der Waals surface area contributed by atoms with E-state index >= 15 is 0 Å². The molecule has 2 aliphatic rings. The molecule has 6 nitrogen and oxygen atoms in total. The summed E-state index contributed by atoms with van der Waals surface area (Å²) in [5.41, 5.74) is 3.14. The molecule has 2 fully saturated rings. The maximum atomic E-state index is 13.0. The van der Waals surface area contributed by atoms with Gasteiger partial charge in [0.1, 0.15) is 0 Å². The zero-order valence-corrected chi connectivity index (χ0v) is 17.0. The van der Waals surface area contributed by atoms with Gasteiger partial charge in [0.25, 0.3) is 12.4 Å². The second-order valence-corrected chi connectivity index (χ2v) is 7.93. The number of carbonyl (C=O) groups is 2. The van der Waals surface area contributed by atoms with Crippen LogP contribution in [0.2, 0.25) is 0 Å². The Hall–Kier alpha value is -1.92. The fourth-order valence-electron chi connectivity index (χ4n) is 4.58. The number of rotatable bonds is 3. The molecule has 1 heterocycles. The van der Waals surface area contributed by atoms with Gasteiger partial charge < -0.3 is 19.6 Å². The van der Waals surface area contributed by atoms with E-state index in [2.05, 4.69) is 36.9 Å². The van der Waals surface area contributed by atoms with Crippen molar-refractivity contribution in [3.63, 3.8) is 0 Å². The minimum absolute atomic E-state index is 0.192. The number of aryl methyl sites for hydroxylation is 2. The van der Waals surface area contributed by atoms with Crippen LogP contribution in [-0.2, 0) is 9.53 Å². The van der Waals surface area contributed by atoms with E-state index < -0.39 is 0 Å². The lowest BCUT2D eigenvalue weighted by Gasteiger charge is -2.40. The summed E-state index contributed by atoms with van der Waals surface area (Å²) in [4.78, 5) is 25.7. The van der Waals surface area contributed by atoms with Crippen LogP contribution in [0.4, 0.5) is 0 Å². The number of amides is 1. The zero-order valence-electron chi connectivity index (χ0n) is 17.0. The third kappa shape index (κ3) is 4.87. The van der Waals surface area contributed by atoms with Crippen molar-refractivity contribution in [3.05, 3.63) is 34.9 Å². The number of likely N-dealkylation sites (N-methyl/N-ethyl adjacent to an activating group) is 1. The molecule has 1 saturated carbocycles. The number of benzene rings is 1. The maximum Gasteiger partial charge on any atom is 0.290 e. The van der Waals surface area contributed by atoms with Gasteiger partial charge in [0.15, 0.2) is 0 Å². The van der Waals surface area contributed by atoms with Crippen LogP contribution in [-0.4, -0.2) is 73.7 Å². The van der Waals surface area contributed by atoms with Crippen LogP contribution in [0, 0.1) is 25.7 Å². The monoisotopic (exact) mass is 376 g/mol. The normalized spacial score (nSPS) is 27.0. The van der Waals surface area contributed by atoms with Crippen LogP contribution in [0.5, 0.6) is 0 Å². The van der Waals surface area contributed by atoms with E-state index in [1.165, 1.54) is 5.56 Å². The summed E-state index contributed by atoms with van der Waals surface area (Å²) in [6, 6.07) is 6.56. The first-order valence-electron chi connectivity index (χ1n) is 9.45. The smallest absolute Gasteiger partial charge is 0.290 e. The summed E-state index contributed by atoms with van der Waals surface area (Å²) in [6.07, 6.45) is 2.45. The van der Waals surface area contributed by atoms with Crippen molar-refractivity contribution in [2.75, 3.05) is 34.3 Å². The summed E-state index contributed by atoms with van der Waals surface area (Å²) < 4.78 is 5.74. The minimum Gasteiger partial charge on any atom is -0.483 e. The van der Waals surface area contributed by atoms with Crippen molar-refractivity contribution in [1.29, 1.82) is 0 Å². The Labute approximate surface area is 162 Å². The van der Waals surface area contributed by atoms with Gasteiger partial charge in [-0.1, -0.05) is 17.7 Å². The highest BCUT2D eigenvalue weighted by molar-refractivity contribution is 5.95. The third-order valence-corrected chi connectivity index (χ3v) is 5.95. The van der Waals surface area contributed by atoms with Crippen LogP contribution >= 0.6 is 0 Å². The fraction of sp³-hybridized carbons (Fsp3) is 0.619. The summed E-state index contributed by atoms with van der Waals surface area (Å²) in [5, 5.41) is 6.89. The van der Waals surface area contributed by atoms with Gasteiger partial charge in [-0.2, -0.15) is 0 Å². The molecule has 6 heteroatoms. The molecule has 1 aromatic rings. The van der Waals surface area contributed by atoms with E-state index in [0.717, 1.165) is 37.1 Å². The van der Waals surface area contributed by atoms with Crippen molar-refractivity contribution in [2.24, 2.45) is 11.8 Å². The first-order chi connectivity index (χ1) is 12.8. The summed E-state index contributed by atoms with van der Waals surface area (Å²) in [6.45, 7) is 5.61. The lowest BCUT2D eigenvalue weighted by atomic mass is 9.77. The first-order valence-corrected chi connectivity index (χ1v) is 9.45. The number of carboxylic acid groups (broad SMARTS) is 1. The van der Waals surface area contributed by atoms with Crippen LogP contribution < -0.4 is 0 Å². The highest BCUT2D eigenvalue weighted by Crippen LogP contribution is 2.39. The molecular formula is C21H32N2O4. The Bertz CT molecular complexity index is 662. The second kappa shape index (κ2) is 9.33. The number of fused-ring (bicyclic) bond motifs is 1. The lowest BCUT2D eigenvalue weighted by molar-refractivity contribution is -0.122. The van der Waals surface area contributed by atoms with Gasteiger partial charge >= 0.3 is 0 Å². The Kier molecular flexibility index (Phi) is 7.39. The van der Waals surface area contributed by atoms with Crippen LogP contribution in [0.3, 0.4) is 0 Å². The zero-order chi connectivity index (χ0) is 20.1. The molecule has 1 N–H and O–H groups in total. The van der Waals surface area contributed by atoms with Crippen LogP contribution in [0.25, 0.3) is 0 Å². The van der Waals surface area contributed by atoms with E-state index in [1.54, 1.807) is 0 Å². The first kappa shape index (κ1) is 21.4. The summed E-state index contributed by atoms with van der Waals surface area (Å²) in [7, 11) is 6.07. The van der Waals surface area contributed by atoms with Crippen LogP contribution in [0.15, 0.2) is 18.2 Å². The highest BCUT2D eigenvalue weighted by atomic mass is 16.5. The van der Waals surface area contributed by atoms with E-state index in [9.17, 15) is 4.79 Å². The predicted octanol–water partition coefficient (Wildman–Crippen LogP) is 2.43. The Balaban J connectivity index is 0.000000817. The second-order valence-electron chi connectivity index (χ2n) is 7.93. The number of likely N-dealkylation sites (tertiary alicyclic amines) is 1. The molecule has 3 rings (SSSR count). The van der Waals surface area contributed by atoms with Gasteiger partial charge in [-0.25, -0.2) is 0 Å². The SMILES string of the molecule is CO[C@@H]1C[C@H]2CN(C(=O)c3ccc(C)cc3C)C[C@H]2C[C@H]1N(C)C.O=CO. The average Bonchev–Trinajstić information content (AvgIpc) is 3.03. The van der Waals surface area contributed by atoms with E-state index in [-0.39, 0.29) is 18.5 Å². The van der Waals surface area contributed by atoms with Crippen molar-refractivity contribution in [2.45, 2.75) is 38.8 Å². The number of nitrogens with zero attached hydrogens (tertiary/aromatic N) is 2. The average molecular weight is 376 g/mol. The largest absolute Gasteiger partial charge is 0.483 e. The Morgan fingerprint density at radius 3 is 2.33 bits per heavy atom. The van der Waals surface area contributed by atoms with Gasteiger partial charge in [-0.05, 0) is 64.3 Å². The molecule has 0 aromatic heterocycles. The molecule has 150 valence electrons. The van der Waals surface area contributed by atoms with E-state index in [0.29, 0.717) is 17.9 Å². The number of methoxy groups -OCH3 is 1. The summed E-state index contributed by atoms with van der Waals surface area (Å²) >= 11 is 0. The molecule has 1 amide bonds. The number of hydrogen-bond donors (Lipinski definition) is 1. The van der Waals surface area contributed by atoms with Crippen molar-refractivity contribution in [1.82, 2.24) is 9.80 Å². The quantitative estimate of drug-likeness (QED) is 0.821. The molecule has 4 atom stereocenters. The summed E-state index contributed by atoms with van der Waals surface area (Å²) in [5.74, 6) is 1.36. The Morgan fingerprint density at radius 1 is 1.22 bits per heavy atom. The van der Waals surface area contributed by atoms with Crippen LogP contribution in [0.1, 0.15) is 34.3 Å². The predicted molar refractivity (Wildman–Crippen MR) is 105 cm³/mol. The molecule has 0 bridgehead atoms. The molecule has 1 aliphatic carbocycles. The minimum atomic E-state index is -0.250. The lowest BCUT2D eigenvalue weighted by Crippen LogP contribution is -2.47. The number of ether oxygens (including phenoxy) is 1. The molecule has 1 aromatic carbocycles. The van der Waals surface area contributed by atoms with Gasteiger partial charge in [-0.3, -0.25) is 9.59 Å². The van der Waals surface area contributed by atoms with Crippen molar-refractivity contribution >= 4 is 12.4 Å². The fourth-order valence-corrected chi connectivity index (χ4v) is 4.58. The molecule has 1 saturated heterocycles.